The molecule has 0 bridgehead atoms. The van der Waals surface area contributed by atoms with Gasteiger partial charge in [0.2, 0.25) is 5.89 Å². The van der Waals surface area contributed by atoms with Gasteiger partial charge in [-0.3, -0.25) is 0 Å². The number of rotatable bonds is 7. The number of fused-ring (bicyclic) bond motifs is 6. The van der Waals surface area contributed by atoms with Gasteiger partial charge in [0.1, 0.15) is 5.52 Å². The van der Waals surface area contributed by atoms with Crippen LogP contribution in [0.1, 0.15) is 0 Å². The molecule has 0 atom stereocenters. The Morgan fingerprint density at radius 2 is 0.845 bits per heavy atom. The first-order valence-electron chi connectivity index (χ1n) is 19.7. The quantitative estimate of drug-likeness (QED) is 0.152. The Bertz CT molecular complexity index is 3260. The van der Waals surface area contributed by atoms with Crippen molar-refractivity contribution in [1.29, 1.82) is 0 Å². The van der Waals surface area contributed by atoms with E-state index < -0.39 is 0 Å². The predicted molar refractivity (Wildman–Crippen MR) is 243 cm³/mol. The van der Waals surface area contributed by atoms with Crippen molar-refractivity contribution in [2.75, 3.05) is 4.90 Å². The lowest BCUT2D eigenvalue weighted by molar-refractivity contribution is 0.623. The Morgan fingerprint density at radius 1 is 0.328 bits per heavy atom. The highest BCUT2D eigenvalue weighted by molar-refractivity contribution is 6.14. The van der Waals surface area contributed by atoms with Crippen LogP contribution in [0.15, 0.2) is 223 Å². The van der Waals surface area contributed by atoms with Gasteiger partial charge < -0.3 is 9.32 Å². The first kappa shape index (κ1) is 33.6. The lowest BCUT2D eigenvalue weighted by Crippen LogP contribution is -2.10. The molecule has 0 radical (unpaired) electrons. The van der Waals surface area contributed by atoms with Crippen LogP contribution in [0, 0.1) is 0 Å². The van der Waals surface area contributed by atoms with Gasteiger partial charge in [0.25, 0.3) is 0 Å². The number of nitrogens with zero attached hydrogens (tertiary/aromatic N) is 2. The molecular formula is C55H36N2O. The fraction of sp³-hybridized carbons (Fsp3) is 0. The van der Waals surface area contributed by atoms with Crippen LogP contribution in [0.4, 0.5) is 17.1 Å². The van der Waals surface area contributed by atoms with Crippen LogP contribution in [0.25, 0.3) is 88.3 Å². The van der Waals surface area contributed by atoms with Gasteiger partial charge in [-0.2, -0.15) is 0 Å². The SMILES string of the molecule is c1ccc(-c2cccc(N(c3ccc(-c4cc5ccccc5c5ccccc45)cc3)c3ccc(-c4cc5ccccc5c5oc(-c6ccccc6)nc45)cc3)c2)cc1. The van der Waals surface area contributed by atoms with Crippen molar-refractivity contribution in [1.82, 2.24) is 4.98 Å². The summed E-state index contributed by atoms with van der Waals surface area (Å²) >= 11 is 0. The van der Waals surface area contributed by atoms with Gasteiger partial charge in [0.05, 0.1) is 0 Å². The highest BCUT2D eigenvalue weighted by Crippen LogP contribution is 2.42. The van der Waals surface area contributed by atoms with Crippen LogP contribution >= 0.6 is 0 Å². The fourth-order valence-corrected chi connectivity index (χ4v) is 8.44. The van der Waals surface area contributed by atoms with E-state index in [2.05, 4.69) is 193 Å². The molecule has 0 spiro atoms. The lowest BCUT2D eigenvalue weighted by Gasteiger charge is -2.26. The van der Waals surface area contributed by atoms with Gasteiger partial charge in [-0.05, 0) is 115 Å². The summed E-state index contributed by atoms with van der Waals surface area (Å²) in [5.74, 6) is 0.620. The number of benzene rings is 10. The Balaban J connectivity index is 1.03. The number of hydrogen-bond acceptors (Lipinski definition) is 3. The average Bonchev–Trinajstić information content (AvgIpc) is 3.76. The van der Waals surface area contributed by atoms with Crippen LogP contribution in [0.2, 0.25) is 0 Å². The number of anilines is 3. The molecule has 0 fully saturated rings. The maximum atomic E-state index is 6.52. The highest BCUT2D eigenvalue weighted by atomic mass is 16.3. The number of hydrogen-bond donors (Lipinski definition) is 0. The first-order valence-corrected chi connectivity index (χ1v) is 19.7. The molecule has 3 heteroatoms. The van der Waals surface area contributed by atoms with Crippen LogP contribution in [-0.4, -0.2) is 4.98 Å². The highest BCUT2D eigenvalue weighted by Gasteiger charge is 2.19. The molecule has 0 aliphatic carbocycles. The average molecular weight is 741 g/mol. The minimum atomic E-state index is 0.620. The molecule has 58 heavy (non-hydrogen) atoms. The van der Waals surface area contributed by atoms with E-state index >= 15 is 0 Å². The van der Waals surface area contributed by atoms with Crippen molar-refractivity contribution >= 4 is 60.5 Å². The second kappa shape index (κ2) is 14.1. The molecular weight excluding hydrogens is 705 g/mol. The molecule has 1 heterocycles. The molecule has 272 valence electrons. The van der Waals surface area contributed by atoms with Crippen molar-refractivity contribution in [2.45, 2.75) is 0 Å². The Labute approximate surface area is 336 Å². The topological polar surface area (TPSA) is 29.3 Å². The molecule has 0 saturated carbocycles. The fourth-order valence-electron chi connectivity index (χ4n) is 8.44. The molecule has 0 N–H and O–H groups in total. The molecule has 1 aromatic heterocycles. The first-order chi connectivity index (χ1) is 28.7. The normalized spacial score (nSPS) is 11.4. The Hall–Kier alpha value is -7.75. The molecule has 0 saturated heterocycles. The standard InChI is InChI=1S/C55H36N2O/c1-3-14-37(15-4-1)41-20-13-21-46(34-41)57(44-30-26-38(27-31-44)51-35-42-18-7-9-22-47(42)49-24-11-12-25-50(49)51)45-32-28-39(29-33-45)52-36-43-19-8-10-23-48(43)54-53(52)56-55(58-54)40-16-5-2-6-17-40/h1-36H. The van der Waals surface area contributed by atoms with E-state index in [1.54, 1.807) is 0 Å². The van der Waals surface area contributed by atoms with E-state index in [-0.39, 0.29) is 0 Å². The smallest absolute Gasteiger partial charge is 0.227 e. The van der Waals surface area contributed by atoms with E-state index in [0.717, 1.165) is 61.2 Å². The van der Waals surface area contributed by atoms with E-state index in [4.69, 9.17) is 9.40 Å². The van der Waals surface area contributed by atoms with Crippen molar-refractivity contribution in [3.63, 3.8) is 0 Å². The van der Waals surface area contributed by atoms with Gasteiger partial charge in [-0.15, -0.1) is 0 Å². The van der Waals surface area contributed by atoms with Crippen LogP contribution in [0.3, 0.4) is 0 Å². The largest absolute Gasteiger partial charge is 0.435 e. The monoisotopic (exact) mass is 740 g/mol. The maximum Gasteiger partial charge on any atom is 0.227 e. The number of oxazole rings is 1. The second-order valence-corrected chi connectivity index (χ2v) is 14.7. The summed E-state index contributed by atoms with van der Waals surface area (Å²) in [5, 5.41) is 7.20. The van der Waals surface area contributed by atoms with Crippen molar-refractivity contribution in [3.05, 3.63) is 218 Å². The van der Waals surface area contributed by atoms with E-state index in [1.807, 2.05) is 30.3 Å². The third-order valence-electron chi connectivity index (χ3n) is 11.3. The summed E-state index contributed by atoms with van der Waals surface area (Å²) in [6.45, 7) is 0. The van der Waals surface area contributed by atoms with Gasteiger partial charge in [0.15, 0.2) is 5.58 Å². The van der Waals surface area contributed by atoms with E-state index in [1.165, 1.54) is 38.2 Å². The lowest BCUT2D eigenvalue weighted by atomic mass is 9.93. The van der Waals surface area contributed by atoms with E-state index in [9.17, 15) is 0 Å². The van der Waals surface area contributed by atoms with Gasteiger partial charge in [-0.25, -0.2) is 4.98 Å². The molecule has 0 aliphatic heterocycles. The zero-order valence-electron chi connectivity index (χ0n) is 31.6. The summed E-state index contributed by atoms with van der Waals surface area (Å²) < 4.78 is 6.52. The minimum absolute atomic E-state index is 0.620. The molecule has 0 amide bonds. The molecule has 11 aromatic rings. The molecule has 10 aromatic carbocycles. The second-order valence-electron chi connectivity index (χ2n) is 14.7. The molecule has 11 rings (SSSR count). The van der Waals surface area contributed by atoms with Gasteiger partial charge in [-0.1, -0.05) is 158 Å². The summed E-state index contributed by atoms with van der Waals surface area (Å²) in [6, 6.07) is 77.7. The molecule has 3 nitrogen and oxygen atoms in total. The third-order valence-corrected chi connectivity index (χ3v) is 11.3. The van der Waals surface area contributed by atoms with Gasteiger partial charge in [0, 0.05) is 33.6 Å². The summed E-state index contributed by atoms with van der Waals surface area (Å²) in [6.07, 6.45) is 0. The summed E-state index contributed by atoms with van der Waals surface area (Å²) in [5.41, 5.74) is 12.7. The third kappa shape index (κ3) is 5.89. The number of aromatic nitrogens is 1. The van der Waals surface area contributed by atoms with Crippen molar-refractivity contribution in [2.24, 2.45) is 0 Å². The molecule has 0 unspecified atom stereocenters. The Morgan fingerprint density at radius 3 is 1.53 bits per heavy atom. The van der Waals surface area contributed by atoms with Crippen molar-refractivity contribution < 1.29 is 4.42 Å². The van der Waals surface area contributed by atoms with Gasteiger partial charge >= 0.3 is 0 Å². The zero-order chi connectivity index (χ0) is 38.4. The van der Waals surface area contributed by atoms with Crippen LogP contribution < -0.4 is 4.90 Å². The minimum Gasteiger partial charge on any atom is -0.435 e. The maximum absolute atomic E-state index is 6.52. The van der Waals surface area contributed by atoms with Crippen molar-refractivity contribution in [3.8, 4) is 44.8 Å². The summed E-state index contributed by atoms with van der Waals surface area (Å²) in [7, 11) is 0. The Kier molecular flexibility index (Phi) is 8.15. The van der Waals surface area contributed by atoms with E-state index in [0.29, 0.717) is 5.89 Å². The van der Waals surface area contributed by atoms with Crippen LogP contribution in [-0.2, 0) is 0 Å². The summed E-state index contributed by atoms with van der Waals surface area (Å²) in [4.78, 5) is 7.44. The molecule has 0 aliphatic rings. The predicted octanol–water partition coefficient (Wildman–Crippen LogP) is 15.4. The zero-order valence-corrected chi connectivity index (χ0v) is 31.6. The van der Waals surface area contributed by atoms with Crippen LogP contribution in [0.5, 0.6) is 0 Å².